The molecule has 6 nitrogen and oxygen atoms in total. The molecule has 0 amide bonds. The first-order valence-corrected chi connectivity index (χ1v) is 7.04. The minimum Gasteiger partial charge on any atom is -0.772 e. The Bertz CT molecular complexity index is 736. The molecule has 1 atom stereocenters. The lowest BCUT2D eigenvalue weighted by atomic mass is 10.0. The topological polar surface area (TPSA) is 103 Å². The number of benzene rings is 1. The van der Waals surface area contributed by atoms with Crippen molar-refractivity contribution in [2.24, 2.45) is 0 Å². The summed E-state index contributed by atoms with van der Waals surface area (Å²) in [6.45, 7) is 1.61. The molecule has 1 heterocycles. The van der Waals surface area contributed by atoms with Crippen LogP contribution in [0.2, 0.25) is 0 Å². The summed E-state index contributed by atoms with van der Waals surface area (Å²) >= 11 is -2.39. The molecule has 1 aromatic heterocycles. The van der Waals surface area contributed by atoms with E-state index in [0.29, 0.717) is 11.1 Å². The quantitative estimate of drug-likeness (QED) is 0.862. The van der Waals surface area contributed by atoms with Crippen LogP contribution in [0.15, 0.2) is 24.4 Å². The van der Waals surface area contributed by atoms with E-state index in [4.69, 9.17) is 5.11 Å². The van der Waals surface area contributed by atoms with Gasteiger partial charge >= 0.3 is 5.97 Å². The number of rotatable bonds is 4. The maximum atomic E-state index is 13.1. The van der Waals surface area contributed by atoms with E-state index in [0.717, 1.165) is 6.20 Å². The normalized spacial score (nSPS) is 12.1. The van der Waals surface area contributed by atoms with Crippen LogP contribution in [0.25, 0.3) is 11.3 Å². The van der Waals surface area contributed by atoms with E-state index >= 15 is 0 Å². The number of aromatic nitrogens is 2. The second-order valence-electron chi connectivity index (χ2n) is 4.26. The molecule has 0 bridgehead atoms. The van der Waals surface area contributed by atoms with Gasteiger partial charge in [-0.25, -0.2) is 19.2 Å². The Labute approximate surface area is 122 Å². The van der Waals surface area contributed by atoms with Crippen LogP contribution in [0.5, 0.6) is 0 Å². The maximum absolute atomic E-state index is 13.1. The van der Waals surface area contributed by atoms with E-state index in [1.165, 1.54) is 18.2 Å². The summed E-state index contributed by atoms with van der Waals surface area (Å²) in [5.74, 6) is -2.15. The molecule has 2 rings (SSSR count). The molecule has 1 unspecified atom stereocenters. The standard InChI is InChI=1S/C13H11FN2O4S/c1-7-4-8(14)2-3-9(7)12-10(13(17)18)5-15-11(16-12)6-21(19)20/h2-5H,6H2,1H3,(H,17,18)(H,19,20)/p-1. The number of hydrogen-bond donors (Lipinski definition) is 1. The SMILES string of the molecule is Cc1cc(F)ccc1-c1nc(CS(=O)[O-])ncc1C(=O)O. The first-order chi connectivity index (χ1) is 9.88. The molecule has 21 heavy (non-hydrogen) atoms. The van der Waals surface area contributed by atoms with Gasteiger partial charge in [-0.3, -0.25) is 4.21 Å². The van der Waals surface area contributed by atoms with E-state index in [-0.39, 0.29) is 17.1 Å². The third-order valence-corrected chi connectivity index (χ3v) is 3.25. The fourth-order valence-electron chi connectivity index (χ4n) is 1.85. The van der Waals surface area contributed by atoms with Gasteiger partial charge in [0.2, 0.25) is 0 Å². The lowest BCUT2D eigenvalue weighted by Gasteiger charge is -2.11. The van der Waals surface area contributed by atoms with Gasteiger partial charge in [-0.2, -0.15) is 0 Å². The van der Waals surface area contributed by atoms with Gasteiger partial charge in [-0.1, -0.05) is 0 Å². The highest BCUT2D eigenvalue weighted by Crippen LogP contribution is 2.25. The Morgan fingerprint density at radius 1 is 1.48 bits per heavy atom. The summed E-state index contributed by atoms with van der Waals surface area (Å²) in [6.07, 6.45) is 1.05. The minimum atomic E-state index is -2.39. The van der Waals surface area contributed by atoms with Gasteiger partial charge in [-0.05, 0) is 41.8 Å². The predicted octanol–water partition coefficient (Wildman–Crippen LogP) is 1.67. The predicted molar refractivity (Wildman–Crippen MR) is 71.7 cm³/mol. The van der Waals surface area contributed by atoms with Crippen molar-refractivity contribution in [1.29, 1.82) is 0 Å². The number of aryl methyl sites for hydroxylation is 1. The molecule has 0 aliphatic heterocycles. The summed E-state index contributed by atoms with van der Waals surface area (Å²) in [5, 5.41) is 9.17. The second-order valence-corrected chi connectivity index (χ2v) is 5.16. The summed E-state index contributed by atoms with van der Waals surface area (Å²) in [6, 6.07) is 3.83. The van der Waals surface area contributed by atoms with Crippen molar-refractivity contribution in [2.75, 3.05) is 0 Å². The van der Waals surface area contributed by atoms with E-state index in [1.807, 2.05) is 0 Å². The van der Waals surface area contributed by atoms with E-state index < -0.39 is 28.6 Å². The fraction of sp³-hybridized carbons (Fsp3) is 0.154. The van der Waals surface area contributed by atoms with Gasteiger partial charge in [0.15, 0.2) is 0 Å². The van der Waals surface area contributed by atoms with E-state index in [2.05, 4.69) is 9.97 Å². The first kappa shape index (κ1) is 15.2. The van der Waals surface area contributed by atoms with Crippen LogP contribution in [0.1, 0.15) is 21.7 Å². The number of carbonyl (C=O) groups is 1. The van der Waals surface area contributed by atoms with Gasteiger partial charge in [0, 0.05) is 11.8 Å². The van der Waals surface area contributed by atoms with Crippen LogP contribution in [0, 0.1) is 12.7 Å². The summed E-state index contributed by atoms with van der Waals surface area (Å²) in [4.78, 5) is 18.9. The summed E-state index contributed by atoms with van der Waals surface area (Å²) in [5.41, 5.74) is 0.792. The molecule has 2 aromatic rings. The third-order valence-electron chi connectivity index (χ3n) is 2.76. The van der Waals surface area contributed by atoms with Crippen LogP contribution in [-0.4, -0.2) is 29.8 Å². The average Bonchev–Trinajstić information content (AvgIpc) is 2.37. The lowest BCUT2D eigenvalue weighted by Crippen LogP contribution is -2.08. The van der Waals surface area contributed by atoms with Crippen LogP contribution in [-0.2, 0) is 16.8 Å². The van der Waals surface area contributed by atoms with Crippen LogP contribution >= 0.6 is 0 Å². The highest BCUT2D eigenvalue weighted by molar-refractivity contribution is 7.78. The van der Waals surface area contributed by atoms with Crippen molar-refractivity contribution < 1.29 is 23.1 Å². The van der Waals surface area contributed by atoms with Gasteiger partial charge in [0.25, 0.3) is 0 Å². The average molecular weight is 309 g/mol. The molecule has 0 spiro atoms. The number of nitrogens with zero attached hydrogens (tertiary/aromatic N) is 2. The second kappa shape index (κ2) is 6.06. The summed E-state index contributed by atoms with van der Waals surface area (Å²) in [7, 11) is 0. The van der Waals surface area contributed by atoms with E-state index in [9.17, 15) is 17.9 Å². The Balaban J connectivity index is 2.62. The lowest BCUT2D eigenvalue weighted by molar-refractivity contribution is 0.0697. The molecule has 0 saturated carbocycles. The van der Waals surface area contributed by atoms with E-state index in [1.54, 1.807) is 6.92 Å². The molecule has 0 aliphatic rings. The highest BCUT2D eigenvalue weighted by atomic mass is 32.2. The van der Waals surface area contributed by atoms with Crippen molar-refractivity contribution in [3.05, 3.63) is 47.2 Å². The monoisotopic (exact) mass is 309 g/mol. The number of aromatic carboxylic acids is 1. The molecule has 8 heteroatoms. The Kier molecular flexibility index (Phi) is 4.39. The molecule has 1 aromatic carbocycles. The van der Waals surface area contributed by atoms with Crippen molar-refractivity contribution in [3.63, 3.8) is 0 Å². The van der Waals surface area contributed by atoms with Gasteiger partial charge in [0.05, 0.1) is 11.4 Å². The van der Waals surface area contributed by atoms with Crippen LogP contribution < -0.4 is 0 Å². The zero-order valence-electron chi connectivity index (χ0n) is 10.9. The van der Waals surface area contributed by atoms with Crippen molar-refractivity contribution in [1.82, 2.24) is 9.97 Å². The third kappa shape index (κ3) is 3.47. The molecular formula is C13H10FN2O4S-. The van der Waals surface area contributed by atoms with Crippen molar-refractivity contribution in [3.8, 4) is 11.3 Å². The zero-order chi connectivity index (χ0) is 15.6. The molecule has 0 saturated heterocycles. The molecule has 1 N–H and O–H groups in total. The Morgan fingerprint density at radius 2 is 2.19 bits per heavy atom. The maximum Gasteiger partial charge on any atom is 0.339 e. The zero-order valence-corrected chi connectivity index (χ0v) is 11.7. The van der Waals surface area contributed by atoms with Crippen LogP contribution in [0.4, 0.5) is 4.39 Å². The Hall–Kier alpha value is -2.19. The van der Waals surface area contributed by atoms with Crippen LogP contribution in [0.3, 0.4) is 0 Å². The number of carboxylic acids is 1. The molecule has 0 radical (unpaired) electrons. The minimum absolute atomic E-state index is 0.0212. The molecule has 0 aliphatic carbocycles. The van der Waals surface area contributed by atoms with Gasteiger partial charge in [0.1, 0.15) is 17.2 Å². The fourth-order valence-corrected chi connectivity index (χ4v) is 2.20. The van der Waals surface area contributed by atoms with Crippen molar-refractivity contribution >= 4 is 17.0 Å². The van der Waals surface area contributed by atoms with Crippen molar-refractivity contribution in [2.45, 2.75) is 12.7 Å². The highest BCUT2D eigenvalue weighted by Gasteiger charge is 2.17. The first-order valence-electron chi connectivity index (χ1n) is 5.80. The molecule has 110 valence electrons. The summed E-state index contributed by atoms with van der Waals surface area (Å²) < 4.78 is 34.5. The largest absolute Gasteiger partial charge is 0.772 e. The van der Waals surface area contributed by atoms with Gasteiger partial charge < -0.3 is 9.66 Å². The Morgan fingerprint density at radius 3 is 2.76 bits per heavy atom. The number of carboxylic acid groups (broad SMARTS) is 1. The van der Waals surface area contributed by atoms with Gasteiger partial charge in [-0.15, -0.1) is 0 Å². The number of halogens is 1. The molecular weight excluding hydrogens is 299 g/mol. The number of hydrogen-bond acceptors (Lipinski definition) is 5. The molecule has 0 fully saturated rings. The smallest absolute Gasteiger partial charge is 0.339 e.